The number of carbonyl (C=O) groups is 1. The van der Waals surface area contributed by atoms with Crippen molar-refractivity contribution in [2.45, 2.75) is 6.18 Å². The summed E-state index contributed by atoms with van der Waals surface area (Å²) >= 11 is 5.31. The number of alkyl halides is 3. The van der Waals surface area contributed by atoms with Gasteiger partial charge >= 0.3 is 12.1 Å². The van der Waals surface area contributed by atoms with Gasteiger partial charge in [-0.05, 0) is 12.1 Å². The summed E-state index contributed by atoms with van der Waals surface area (Å²) in [6, 6.07) is 1.35. The third-order valence-electron chi connectivity index (χ3n) is 1.78. The molecule has 0 bridgehead atoms. The van der Waals surface area contributed by atoms with E-state index in [0.29, 0.717) is 6.07 Å². The summed E-state index contributed by atoms with van der Waals surface area (Å²) < 4.78 is 54.3. The van der Waals surface area contributed by atoms with E-state index in [1.54, 1.807) is 0 Å². The Morgan fingerprint density at radius 1 is 1.38 bits per heavy atom. The molecule has 0 fully saturated rings. The highest BCUT2D eigenvalue weighted by Crippen LogP contribution is 2.38. The molecule has 0 aliphatic carbocycles. The van der Waals surface area contributed by atoms with E-state index in [1.165, 1.54) is 0 Å². The van der Waals surface area contributed by atoms with E-state index in [0.717, 1.165) is 13.2 Å². The van der Waals surface area contributed by atoms with E-state index >= 15 is 0 Å². The predicted molar refractivity (Wildman–Crippen MR) is 47.8 cm³/mol. The van der Waals surface area contributed by atoms with Gasteiger partial charge in [-0.3, -0.25) is 0 Å². The highest BCUT2D eigenvalue weighted by molar-refractivity contribution is 6.34. The molecule has 0 aliphatic heterocycles. The molecule has 0 atom stereocenters. The lowest BCUT2D eigenvalue weighted by molar-refractivity contribution is -0.139. The maximum atomic E-state index is 12.9. The van der Waals surface area contributed by atoms with Crippen molar-refractivity contribution in [3.63, 3.8) is 0 Å². The molecule has 0 unspecified atom stereocenters. The zero-order valence-electron chi connectivity index (χ0n) is 7.86. The van der Waals surface area contributed by atoms with Crippen molar-refractivity contribution in [1.29, 1.82) is 0 Å². The highest BCUT2D eigenvalue weighted by Gasteiger charge is 2.38. The van der Waals surface area contributed by atoms with Crippen LogP contribution in [0.3, 0.4) is 0 Å². The smallest absolute Gasteiger partial charge is 0.420 e. The van der Waals surface area contributed by atoms with Gasteiger partial charge in [0.1, 0.15) is 11.4 Å². The average Bonchev–Trinajstić information content (AvgIpc) is 2.14. The summed E-state index contributed by atoms with van der Waals surface area (Å²) in [6.45, 7) is 0. The first-order chi connectivity index (χ1) is 7.29. The summed E-state index contributed by atoms with van der Waals surface area (Å²) in [5.41, 5.74) is -2.20. The molecule has 0 amide bonds. The van der Waals surface area contributed by atoms with E-state index in [1.807, 2.05) is 0 Å². The third kappa shape index (κ3) is 2.27. The lowest BCUT2D eigenvalue weighted by Gasteiger charge is -2.12. The van der Waals surface area contributed by atoms with Crippen molar-refractivity contribution in [2.24, 2.45) is 0 Å². The highest BCUT2D eigenvalue weighted by atomic mass is 35.5. The quantitative estimate of drug-likeness (QED) is 0.569. The Kier molecular flexibility index (Phi) is 3.42. The fourth-order valence-electron chi connectivity index (χ4n) is 1.08. The van der Waals surface area contributed by atoms with Crippen molar-refractivity contribution in [1.82, 2.24) is 0 Å². The number of esters is 1. The summed E-state index contributed by atoms with van der Waals surface area (Å²) in [5.74, 6) is -2.60. The molecule has 7 heteroatoms. The van der Waals surface area contributed by atoms with Gasteiger partial charge in [-0.25, -0.2) is 9.18 Å². The largest absolute Gasteiger partial charge is 0.465 e. The van der Waals surface area contributed by atoms with Crippen LogP contribution in [0.4, 0.5) is 17.6 Å². The van der Waals surface area contributed by atoms with E-state index in [4.69, 9.17) is 11.6 Å². The molecule has 2 nitrogen and oxygen atoms in total. The Balaban J connectivity index is 3.45. The van der Waals surface area contributed by atoms with E-state index in [2.05, 4.69) is 4.74 Å². The molecule has 1 aromatic rings. The van der Waals surface area contributed by atoms with E-state index in [9.17, 15) is 22.4 Å². The second-order valence-electron chi connectivity index (χ2n) is 2.77. The van der Waals surface area contributed by atoms with Crippen LogP contribution in [0.15, 0.2) is 12.1 Å². The van der Waals surface area contributed by atoms with Gasteiger partial charge in [-0.2, -0.15) is 13.2 Å². The molecule has 16 heavy (non-hydrogen) atoms. The molecule has 1 aromatic carbocycles. The summed E-state index contributed by atoms with van der Waals surface area (Å²) in [4.78, 5) is 11.0. The first-order valence-corrected chi connectivity index (χ1v) is 4.30. The van der Waals surface area contributed by atoms with Gasteiger partial charge in [0.05, 0.1) is 17.7 Å². The van der Waals surface area contributed by atoms with Gasteiger partial charge in [0.25, 0.3) is 0 Å². The minimum atomic E-state index is -4.97. The van der Waals surface area contributed by atoms with Crippen LogP contribution in [-0.2, 0) is 10.9 Å². The van der Waals surface area contributed by atoms with Crippen LogP contribution < -0.4 is 0 Å². The van der Waals surface area contributed by atoms with Crippen molar-refractivity contribution in [3.8, 4) is 0 Å². The summed E-state index contributed by atoms with van der Waals surface area (Å²) in [6.07, 6.45) is -4.97. The number of halogens is 5. The van der Waals surface area contributed by atoms with Crippen LogP contribution in [0.25, 0.3) is 0 Å². The number of carbonyl (C=O) groups excluding carboxylic acids is 1. The Morgan fingerprint density at radius 3 is 2.38 bits per heavy atom. The zero-order valence-corrected chi connectivity index (χ0v) is 8.62. The van der Waals surface area contributed by atoms with Gasteiger partial charge in [0.2, 0.25) is 0 Å². The summed E-state index contributed by atoms with van der Waals surface area (Å²) in [5, 5.41) is -1.00. The fraction of sp³-hybridized carbons (Fsp3) is 0.222. The second kappa shape index (κ2) is 4.29. The van der Waals surface area contributed by atoms with Crippen LogP contribution in [0.5, 0.6) is 0 Å². The first-order valence-electron chi connectivity index (χ1n) is 3.92. The number of rotatable bonds is 1. The van der Waals surface area contributed by atoms with Crippen LogP contribution in [0.1, 0.15) is 15.9 Å². The average molecular weight is 257 g/mol. The molecular formula is C9H5ClF4O2. The van der Waals surface area contributed by atoms with Crippen LogP contribution >= 0.6 is 11.6 Å². The molecule has 0 heterocycles. The molecule has 0 saturated carbocycles. The minimum absolute atomic E-state index is 0.515. The SMILES string of the molecule is COC(=O)c1ccc(F)c(C(F)(F)F)c1Cl. The standard InChI is InChI=1S/C9H5ClF4O2/c1-16-8(15)4-2-3-5(11)6(7(4)10)9(12,13)14/h2-3H,1H3. The molecule has 0 spiro atoms. The molecule has 0 saturated heterocycles. The number of methoxy groups -OCH3 is 1. The summed E-state index contributed by atoms with van der Waals surface area (Å²) in [7, 11) is 0.981. The zero-order chi connectivity index (χ0) is 12.5. The third-order valence-corrected chi connectivity index (χ3v) is 2.17. The minimum Gasteiger partial charge on any atom is -0.465 e. The van der Waals surface area contributed by atoms with Gasteiger partial charge in [0.15, 0.2) is 0 Å². The van der Waals surface area contributed by atoms with Crippen LogP contribution in [-0.4, -0.2) is 13.1 Å². The lowest BCUT2D eigenvalue weighted by atomic mass is 10.1. The normalized spacial score (nSPS) is 11.4. The van der Waals surface area contributed by atoms with Crippen LogP contribution in [0, 0.1) is 5.82 Å². The molecule has 0 aromatic heterocycles. The Hall–Kier alpha value is -1.30. The predicted octanol–water partition coefficient (Wildman–Crippen LogP) is 3.28. The molecule has 0 radical (unpaired) electrons. The fourth-order valence-corrected chi connectivity index (χ4v) is 1.42. The Bertz CT molecular complexity index is 428. The monoisotopic (exact) mass is 256 g/mol. The maximum absolute atomic E-state index is 12.9. The molecular weight excluding hydrogens is 252 g/mol. The molecule has 1 rings (SSSR count). The number of ether oxygens (including phenoxy) is 1. The first kappa shape index (κ1) is 12.8. The Morgan fingerprint density at radius 2 is 1.94 bits per heavy atom. The van der Waals surface area contributed by atoms with E-state index in [-0.39, 0.29) is 0 Å². The van der Waals surface area contributed by atoms with Crippen molar-refractivity contribution < 1.29 is 27.1 Å². The lowest BCUT2D eigenvalue weighted by Crippen LogP contribution is -2.13. The van der Waals surface area contributed by atoms with Crippen molar-refractivity contribution in [3.05, 3.63) is 34.1 Å². The number of hydrogen-bond donors (Lipinski definition) is 0. The van der Waals surface area contributed by atoms with Gasteiger partial charge in [0, 0.05) is 0 Å². The number of benzene rings is 1. The topological polar surface area (TPSA) is 26.3 Å². The van der Waals surface area contributed by atoms with Gasteiger partial charge < -0.3 is 4.74 Å². The molecule has 0 N–H and O–H groups in total. The van der Waals surface area contributed by atoms with Gasteiger partial charge in [-0.1, -0.05) is 11.6 Å². The maximum Gasteiger partial charge on any atom is 0.420 e. The van der Waals surface area contributed by atoms with E-state index < -0.39 is 34.1 Å². The van der Waals surface area contributed by atoms with Crippen LogP contribution in [0.2, 0.25) is 5.02 Å². The van der Waals surface area contributed by atoms with Crippen molar-refractivity contribution >= 4 is 17.6 Å². The number of hydrogen-bond acceptors (Lipinski definition) is 2. The molecule has 0 aliphatic rings. The van der Waals surface area contributed by atoms with Crippen molar-refractivity contribution in [2.75, 3.05) is 7.11 Å². The molecule has 88 valence electrons. The second-order valence-corrected chi connectivity index (χ2v) is 3.15. The van der Waals surface area contributed by atoms with Gasteiger partial charge in [-0.15, -0.1) is 0 Å². The Labute approximate surface area is 92.8 Å².